The lowest BCUT2D eigenvalue weighted by Gasteiger charge is -2.19. The van der Waals surface area contributed by atoms with E-state index >= 15 is 0 Å². The summed E-state index contributed by atoms with van der Waals surface area (Å²) in [5.74, 6) is -0.300. The van der Waals surface area contributed by atoms with E-state index in [1.165, 1.54) is 6.07 Å². The number of nitrogen functional groups attached to an aromatic ring is 1. The number of fused-ring (bicyclic) bond motifs is 1. The molecule has 0 unspecified atom stereocenters. The monoisotopic (exact) mass is 193 g/mol. The normalized spacial score (nSPS) is 14.3. The van der Waals surface area contributed by atoms with E-state index in [-0.39, 0.29) is 5.56 Å². The predicted molar refractivity (Wildman–Crippen MR) is 51.6 cm³/mol. The van der Waals surface area contributed by atoms with Crippen LogP contribution in [0.4, 0.5) is 5.69 Å². The van der Waals surface area contributed by atoms with E-state index in [0.29, 0.717) is 18.0 Å². The van der Waals surface area contributed by atoms with Crippen LogP contribution in [-0.4, -0.2) is 17.7 Å². The van der Waals surface area contributed by atoms with Gasteiger partial charge in [-0.2, -0.15) is 0 Å². The zero-order chi connectivity index (χ0) is 10.1. The first-order chi connectivity index (χ1) is 6.68. The molecule has 1 aromatic rings. The van der Waals surface area contributed by atoms with Crippen molar-refractivity contribution < 1.29 is 14.6 Å². The lowest BCUT2D eigenvalue weighted by Crippen LogP contribution is -2.12. The van der Waals surface area contributed by atoms with Crippen LogP contribution in [0.2, 0.25) is 0 Å². The van der Waals surface area contributed by atoms with Gasteiger partial charge in [-0.1, -0.05) is 0 Å². The van der Waals surface area contributed by atoms with Crippen LogP contribution in [0.1, 0.15) is 22.3 Å². The fourth-order valence-corrected chi connectivity index (χ4v) is 1.64. The molecule has 74 valence electrons. The van der Waals surface area contributed by atoms with Gasteiger partial charge in [-0.25, -0.2) is 4.79 Å². The van der Waals surface area contributed by atoms with Crippen molar-refractivity contribution in [1.29, 1.82) is 0 Å². The molecule has 1 heterocycles. The highest BCUT2D eigenvalue weighted by molar-refractivity contribution is 5.90. The summed E-state index contributed by atoms with van der Waals surface area (Å²) in [6.07, 6.45) is 1.75. The summed E-state index contributed by atoms with van der Waals surface area (Å²) in [7, 11) is 0. The molecule has 0 saturated carbocycles. The number of ether oxygens (including phenoxy) is 1. The van der Waals surface area contributed by atoms with Crippen molar-refractivity contribution in [2.45, 2.75) is 12.8 Å². The van der Waals surface area contributed by atoms with Gasteiger partial charge in [0.25, 0.3) is 0 Å². The lowest BCUT2D eigenvalue weighted by atomic mass is 10.0. The van der Waals surface area contributed by atoms with E-state index in [2.05, 4.69) is 0 Å². The van der Waals surface area contributed by atoms with Crippen LogP contribution < -0.4 is 10.5 Å². The Balaban J connectivity index is 2.51. The van der Waals surface area contributed by atoms with Gasteiger partial charge in [-0.3, -0.25) is 0 Å². The molecule has 14 heavy (non-hydrogen) atoms. The van der Waals surface area contributed by atoms with Gasteiger partial charge in [-0.05, 0) is 30.5 Å². The molecule has 0 aromatic heterocycles. The van der Waals surface area contributed by atoms with E-state index in [0.717, 1.165) is 18.4 Å². The maximum atomic E-state index is 10.7. The maximum absolute atomic E-state index is 10.7. The molecule has 0 amide bonds. The molecule has 0 atom stereocenters. The second-order valence-corrected chi connectivity index (χ2v) is 3.31. The first-order valence-corrected chi connectivity index (χ1v) is 4.47. The topological polar surface area (TPSA) is 72.6 Å². The molecule has 0 spiro atoms. The van der Waals surface area contributed by atoms with Gasteiger partial charge in [0.05, 0.1) is 17.9 Å². The Hall–Kier alpha value is -1.71. The average molecular weight is 193 g/mol. The average Bonchev–Trinajstić information content (AvgIpc) is 2.17. The first-order valence-electron chi connectivity index (χ1n) is 4.47. The molecule has 2 rings (SSSR count). The molecule has 3 N–H and O–H groups in total. The van der Waals surface area contributed by atoms with Crippen molar-refractivity contribution in [2.75, 3.05) is 12.3 Å². The van der Waals surface area contributed by atoms with Crippen molar-refractivity contribution in [1.82, 2.24) is 0 Å². The number of hydrogen-bond acceptors (Lipinski definition) is 3. The fraction of sp³-hybridized carbons (Fsp3) is 0.300. The summed E-state index contributed by atoms with van der Waals surface area (Å²) in [5, 5.41) is 8.81. The molecular formula is C10H11NO3. The molecule has 4 nitrogen and oxygen atoms in total. The number of nitrogens with two attached hydrogens (primary N) is 1. The number of carboxylic acids is 1. The highest BCUT2D eigenvalue weighted by Crippen LogP contribution is 2.32. The largest absolute Gasteiger partial charge is 0.491 e. The van der Waals surface area contributed by atoms with Crippen LogP contribution >= 0.6 is 0 Å². The van der Waals surface area contributed by atoms with E-state index in [9.17, 15) is 4.79 Å². The van der Waals surface area contributed by atoms with Gasteiger partial charge in [0.2, 0.25) is 0 Å². The second-order valence-electron chi connectivity index (χ2n) is 3.31. The van der Waals surface area contributed by atoms with E-state index in [1.54, 1.807) is 6.07 Å². The molecule has 0 aliphatic carbocycles. The molecule has 4 heteroatoms. The summed E-state index contributed by atoms with van der Waals surface area (Å²) in [6.45, 7) is 0.656. The third-order valence-electron chi connectivity index (χ3n) is 2.28. The highest BCUT2D eigenvalue weighted by atomic mass is 16.5. The summed E-state index contributed by atoms with van der Waals surface area (Å²) in [5.41, 5.74) is 7.23. The lowest BCUT2D eigenvalue weighted by molar-refractivity contribution is 0.0696. The Morgan fingerprint density at radius 2 is 2.29 bits per heavy atom. The molecule has 1 aromatic carbocycles. The van der Waals surface area contributed by atoms with Gasteiger partial charge in [0.1, 0.15) is 5.75 Å². The zero-order valence-electron chi connectivity index (χ0n) is 7.62. The molecule has 0 fully saturated rings. The number of benzene rings is 1. The number of aryl methyl sites for hydroxylation is 1. The Morgan fingerprint density at radius 1 is 1.50 bits per heavy atom. The smallest absolute Gasteiger partial charge is 0.335 e. The van der Waals surface area contributed by atoms with Gasteiger partial charge in [0, 0.05) is 0 Å². The first kappa shape index (κ1) is 8.87. The number of hydrogen-bond donors (Lipinski definition) is 2. The second kappa shape index (κ2) is 3.21. The summed E-state index contributed by atoms with van der Waals surface area (Å²) < 4.78 is 5.37. The molecule has 1 aliphatic heterocycles. The quantitative estimate of drug-likeness (QED) is 0.659. The minimum atomic E-state index is -0.954. The van der Waals surface area contributed by atoms with Crippen LogP contribution in [0.25, 0.3) is 0 Å². The summed E-state index contributed by atoms with van der Waals surface area (Å²) in [6, 6.07) is 3.07. The summed E-state index contributed by atoms with van der Waals surface area (Å²) in [4.78, 5) is 10.7. The van der Waals surface area contributed by atoms with Crippen LogP contribution in [-0.2, 0) is 6.42 Å². The van der Waals surface area contributed by atoms with E-state index in [4.69, 9.17) is 15.6 Å². The SMILES string of the molecule is Nc1cc(C(=O)O)cc2c1OCCC2. The standard InChI is InChI=1S/C10H11NO3/c11-8-5-7(10(12)13)4-6-2-1-3-14-9(6)8/h4-5H,1-3,11H2,(H,12,13). The zero-order valence-corrected chi connectivity index (χ0v) is 7.62. The van der Waals surface area contributed by atoms with Crippen LogP contribution in [0.3, 0.4) is 0 Å². The Morgan fingerprint density at radius 3 is 3.00 bits per heavy atom. The third-order valence-corrected chi connectivity index (χ3v) is 2.28. The fourth-order valence-electron chi connectivity index (χ4n) is 1.64. The van der Waals surface area contributed by atoms with Crippen LogP contribution in [0, 0.1) is 0 Å². The molecule has 0 saturated heterocycles. The van der Waals surface area contributed by atoms with Crippen molar-refractivity contribution in [3.05, 3.63) is 23.3 Å². The van der Waals surface area contributed by atoms with Crippen molar-refractivity contribution in [3.63, 3.8) is 0 Å². The van der Waals surface area contributed by atoms with E-state index < -0.39 is 5.97 Å². The number of carbonyl (C=O) groups is 1. The van der Waals surface area contributed by atoms with Gasteiger partial charge in [-0.15, -0.1) is 0 Å². The Kier molecular flexibility index (Phi) is 2.04. The van der Waals surface area contributed by atoms with Gasteiger partial charge in [0.15, 0.2) is 0 Å². The molecule has 0 radical (unpaired) electrons. The Labute approximate surface area is 81.3 Å². The minimum absolute atomic E-state index is 0.228. The third kappa shape index (κ3) is 1.39. The van der Waals surface area contributed by atoms with E-state index in [1.807, 2.05) is 0 Å². The summed E-state index contributed by atoms with van der Waals surface area (Å²) >= 11 is 0. The maximum Gasteiger partial charge on any atom is 0.335 e. The van der Waals surface area contributed by atoms with Crippen molar-refractivity contribution in [3.8, 4) is 5.75 Å². The molecule has 1 aliphatic rings. The Bertz CT molecular complexity index is 387. The minimum Gasteiger partial charge on any atom is -0.491 e. The number of aromatic carboxylic acids is 1. The number of carboxylic acid groups (broad SMARTS) is 1. The van der Waals surface area contributed by atoms with Crippen molar-refractivity contribution in [2.24, 2.45) is 0 Å². The van der Waals surface area contributed by atoms with Crippen molar-refractivity contribution >= 4 is 11.7 Å². The van der Waals surface area contributed by atoms with Crippen LogP contribution in [0.15, 0.2) is 12.1 Å². The molecule has 0 bridgehead atoms. The number of anilines is 1. The van der Waals surface area contributed by atoms with Gasteiger partial charge < -0.3 is 15.6 Å². The molecular weight excluding hydrogens is 182 g/mol. The van der Waals surface area contributed by atoms with Gasteiger partial charge >= 0.3 is 5.97 Å². The predicted octanol–water partition coefficient (Wildman–Crippen LogP) is 1.29. The highest BCUT2D eigenvalue weighted by Gasteiger charge is 2.16. The van der Waals surface area contributed by atoms with Crippen LogP contribution in [0.5, 0.6) is 5.75 Å². The number of rotatable bonds is 1.